The highest BCUT2D eigenvalue weighted by atomic mass is 32.2. The fourth-order valence-electron chi connectivity index (χ4n) is 2.24. The van der Waals surface area contributed by atoms with Gasteiger partial charge in [-0.25, -0.2) is 13.1 Å². The van der Waals surface area contributed by atoms with E-state index in [2.05, 4.69) is 23.9 Å². The third-order valence-electron chi connectivity index (χ3n) is 3.38. The maximum absolute atomic E-state index is 12.0. The van der Waals surface area contributed by atoms with E-state index < -0.39 is 10.0 Å². The smallest absolute Gasteiger partial charge is 0.240 e. The average Bonchev–Trinajstić information content (AvgIpc) is 2.40. The predicted octanol–water partition coefficient (Wildman–Crippen LogP) is 1.70. The highest BCUT2D eigenvalue weighted by molar-refractivity contribution is 7.89. The molecule has 0 spiro atoms. The number of sulfonamides is 1. The molecule has 18 heavy (non-hydrogen) atoms. The maximum atomic E-state index is 12.0. The fourth-order valence-corrected chi connectivity index (χ4v) is 3.28. The number of nitrogens with one attached hydrogen (secondary N) is 2. The number of benzene rings is 1. The van der Waals surface area contributed by atoms with Crippen LogP contribution in [0.2, 0.25) is 0 Å². The molecule has 0 aliphatic rings. The molecule has 1 aromatic rings. The standard InChI is InChI=1S/C13H22N2O2S/c1-5-12(14-3)10(2)11-8-6-7-9-13(11)18(16,17)15-4/h6-10,12,14-15H,5H2,1-4H3. The van der Waals surface area contributed by atoms with E-state index in [0.29, 0.717) is 4.90 Å². The quantitative estimate of drug-likeness (QED) is 0.827. The molecule has 2 atom stereocenters. The Labute approximate surface area is 110 Å². The first-order valence-electron chi connectivity index (χ1n) is 6.17. The van der Waals surface area contributed by atoms with Crippen LogP contribution in [0, 0.1) is 0 Å². The molecule has 2 unspecified atom stereocenters. The lowest BCUT2D eigenvalue weighted by Gasteiger charge is -2.24. The van der Waals surface area contributed by atoms with Gasteiger partial charge in [-0.15, -0.1) is 0 Å². The summed E-state index contributed by atoms with van der Waals surface area (Å²) in [5, 5.41) is 3.23. The molecule has 0 saturated heterocycles. The first kappa shape index (κ1) is 15.1. The molecule has 0 bridgehead atoms. The van der Waals surface area contributed by atoms with Crippen molar-refractivity contribution in [3.05, 3.63) is 29.8 Å². The zero-order valence-corrected chi connectivity index (χ0v) is 12.2. The molecule has 4 nitrogen and oxygen atoms in total. The minimum Gasteiger partial charge on any atom is -0.316 e. The van der Waals surface area contributed by atoms with Crippen LogP contribution in [0.3, 0.4) is 0 Å². The molecule has 0 radical (unpaired) electrons. The Kier molecular flexibility index (Phi) is 5.31. The molecule has 0 saturated carbocycles. The highest BCUT2D eigenvalue weighted by Gasteiger charge is 2.23. The Morgan fingerprint density at radius 3 is 2.33 bits per heavy atom. The van der Waals surface area contributed by atoms with Gasteiger partial charge in [0.2, 0.25) is 10.0 Å². The van der Waals surface area contributed by atoms with Crippen molar-refractivity contribution in [3.8, 4) is 0 Å². The van der Waals surface area contributed by atoms with Gasteiger partial charge in [-0.3, -0.25) is 0 Å². The Bertz CT molecular complexity index is 482. The molecule has 0 fully saturated rings. The lowest BCUT2D eigenvalue weighted by molar-refractivity contribution is 0.467. The summed E-state index contributed by atoms with van der Waals surface area (Å²) in [4.78, 5) is 0.369. The van der Waals surface area contributed by atoms with Crippen molar-refractivity contribution in [2.45, 2.75) is 37.1 Å². The topological polar surface area (TPSA) is 58.2 Å². The summed E-state index contributed by atoms with van der Waals surface area (Å²) in [5.41, 5.74) is 0.855. The van der Waals surface area contributed by atoms with Gasteiger partial charge in [-0.1, -0.05) is 32.0 Å². The van der Waals surface area contributed by atoms with E-state index in [4.69, 9.17) is 0 Å². The molecular formula is C13H22N2O2S. The van der Waals surface area contributed by atoms with Crippen LogP contribution >= 0.6 is 0 Å². The third-order valence-corrected chi connectivity index (χ3v) is 4.87. The molecule has 0 aliphatic carbocycles. The van der Waals surface area contributed by atoms with E-state index in [1.807, 2.05) is 19.2 Å². The fraction of sp³-hybridized carbons (Fsp3) is 0.538. The predicted molar refractivity (Wildman–Crippen MR) is 74.2 cm³/mol. The lowest BCUT2D eigenvalue weighted by Crippen LogP contribution is -2.31. The van der Waals surface area contributed by atoms with Crippen LogP contribution in [0.15, 0.2) is 29.2 Å². The summed E-state index contributed by atoms with van der Waals surface area (Å²) in [6, 6.07) is 7.43. The summed E-state index contributed by atoms with van der Waals surface area (Å²) < 4.78 is 26.4. The summed E-state index contributed by atoms with van der Waals surface area (Å²) >= 11 is 0. The van der Waals surface area contributed by atoms with Gasteiger partial charge in [0.15, 0.2) is 0 Å². The van der Waals surface area contributed by atoms with Crippen molar-refractivity contribution >= 4 is 10.0 Å². The van der Waals surface area contributed by atoms with Crippen LogP contribution in [0.4, 0.5) is 0 Å². The molecule has 2 N–H and O–H groups in total. The third kappa shape index (κ3) is 3.10. The molecule has 1 rings (SSSR count). The van der Waals surface area contributed by atoms with Crippen molar-refractivity contribution in [1.82, 2.24) is 10.0 Å². The van der Waals surface area contributed by atoms with E-state index in [1.54, 1.807) is 12.1 Å². The summed E-state index contributed by atoms with van der Waals surface area (Å²) in [7, 11) is -0.0623. The van der Waals surface area contributed by atoms with Crippen LogP contribution in [0.5, 0.6) is 0 Å². The number of hydrogen-bond acceptors (Lipinski definition) is 3. The summed E-state index contributed by atoms with van der Waals surface area (Å²) in [5.74, 6) is 0.138. The second-order valence-electron chi connectivity index (χ2n) is 4.34. The lowest BCUT2D eigenvalue weighted by atomic mass is 9.92. The second-order valence-corrected chi connectivity index (χ2v) is 6.19. The summed E-state index contributed by atoms with van der Waals surface area (Å²) in [6.45, 7) is 4.14. The average molecular weight is 270 g/mol. The normalized spacial score (nSPS) is 15.3. The van der Waals surface area contributed by atoms with Crippen LogP contribution < -0.4 is 10.0 Å². The highest BCUT2D eigenvalue weighted by Crippen LogP contribution is 2.27. The van der Waals surface area contributed by atoms with E-state index in [0.717, 1.165) is 12.0 Å². The van der Waals surface area contributed by atoms with Gasteiger partial charge in [0.25, 0.3) is 0 Å². The van der Waals surface area contributed by atoms with Gasteiger partial charge in [0.05, 0.1) is 4.90 Å². The van der Waals surface area contributed by atoms with Crippen LogP contribution in [-0.2, 0) is 10.0 Å². The van der Waals surface area contributed by atoms with Gasteiger partial charge < -0.3 is 5.32 Å². The minimum absolute atomic E-state index is 0.138. The van der Waals surface area contributed by atoms with Crippen molar-refractivity contribution in [2.75, 3.05) is 14.1 Å². The molecule has 1 aromatic carbocycles. The molecule has 0 aliphatic heterocycles. The Morgan fingerprint density at radius 1 is 1.22 bits per heavy atom. The minimum atomic E-state index is -3.40. The van der Waals surface area contributed by atoms with Crippen LogP contribution in [-0.4, -0.2) is 28.6 Å². The monoisotopic (exact) mass is 270 g/mol. The zero-order valence-electron chi connectivity index (χ0n) is 11.4. The molecule has 102 valence electrons. The number of likely N-dealkylation sites (N-methyl/N-ethyl adjacent to an activating group) is 1. The Morgan fingerprint density at radius 2 is 1.83 bits per heavy atom. The van der Waals surface area contributed by atoms with Crippen molar-refractivity contribution < 1.29 is 8.42 Å². The van der Waals surface area contributed by atoms with Gasteiger partial charge in [0, 0.05) is 6.04 Å². The molecule has 0 amide bonds. The van der Waals surface area contributed by atoms with Crippen molar-refractivity contribution in [3.63, 3.8) is 0 Å². The number of rotatable bonds is 6. The van der Waals surface area contributed by atoms with Crippen LogP contribution in [0.25, 0.3) is 0 Å². The molecule has 0 aromatic heterocycles. The SMILES string of the molecule is CCC(NC)C(C)c1ccccc1S(=O)(=O)NC. The van der Waals surface area contributed by atoms with E-state index in [1.165, 1.54) is 7.05 Å². The zero-order chi connectivity index (χ0) is 13.8. The van der Waals surface area contributed by atoms with Crippen molar-refractivity contribution in [1.29, 1.82) is 0 Å². The molecular weight excluding hydrogens is 248 g/mol. The molecule has 0 heterocycles. The van der Waals surface area contributed by atoms with Gasteiger partial charge in [0.1, 0.15) is 0 Å². The molecule has 5 heteroatoms. The van der Waals surface area contributed by atoms with E-state index >= 15 is 0 Å². The summed E-state index contributed by atoms with van der Waals surface area (Å²) in [6.07, 6.45) is 0.950. The van der Waals surface area contributed by atoms with Gasteiger partial charge in [-0.05, 0) is 38.1 Å². The Hall–Kier alpha value is -0.910. The first-order valence-corrected chi connectivity index (χ1v) is 7.66. The van der Waals surface area contributed by atoms with Crippen LogP contribution in [0.1, 0.15) is 31.7 Å². The Balaban J connectivity index is 3.25. The van der Waals surface area contributed by atoms with Crippen molar-refractivity contribution in [2.24, 2.45) is 0 Å². The van der Waals surface area contributed by atoms with E-state index in [9.17, 15) is 8.42 Å². The number of hydrogen-bond donors (Lipinski definition) is 2. The first-order chi connectivity index (χ1) is 8.47. The van der Waals surface area contributed by atoms with E-state index in [-0.39, 0.29) is 12.0 Å². The second kappa shape index (κ2) is 6.31. The largest absolute Gasteiger partial charge is 0.316 e. The maximum Gasteiger partial charge on any atom is 0.240 e. The van der Waals surface area contributed by atoms with Gasteiger partial charge >= 0.3 is 0 Å². The van der Waals surface area contributed by atoms with Gasteiger partial charge in [-0.2, -0.15) is 0 Å².